The summed E-state index contributed by atoms with van der Waals surface area (Å²) in [5, 5.41) is 3.34. The molecule has 5 heteroatoms. The lowest BCUT2D eigenvalue weighted by atomic mass is 10.1. The second-order valence-electron chi connectivity index (χ2n) is 5.44. The van der Waals surface area contributed by atoms with Crippen molar-refractivity contribution in [3.63, 3.8) is 0 Å². The topological polar surface area (TPSA) is 68.9 Å². The van der Waals surface area contributed by atoms with Crippen LogP contribution in [0, 0.1) is 0 Å². The second-order valence-corrected chi connectivity index (χ2v) is 5.44. The van der Waals surface area contributed by atoms with Crippen LogP contribution in [0.2, 0.25) is 0 Å². The fraction of sp³-hybridized carbons (Fsp3) is 0.562. The van der Waals surface area contributed by atoms with Crippen molar-refractivity contribution in [2.24, 2.45) is 4.99 Å². The van der Waals surface area contributed by atoms with Crippen LogP contribution in [0.3, 0.4) is 0 Å². The Morgan fingerprint density at radius 1 is 1.43 bits per heavy atom. The smallest absolute Gasteiger partial charge is 0.155 e. The molecule has 0 saturated carbocycles. The molecule has 0 amide bonds. The zero-order valence-electron chi connectivity index (χ0n) is 13.1. The van der Waals surface area contributed by atoms with E-state index in [1.165, 1.54) is 0 Å². The Balaban J connectivity index is 1.98. The fourth-order valence-electron chi connectivity index (χ4n) is 2.18. The Bertz CT molecular complexity index is 500. The number of aliphatic imine (C=N–C) groups is 1. The summed E-state index contributed by atoms with van der Waals surface area (Å²) in [5.74, 6) is 1.71. The van der Waals surface area contributed by atoms with Gasteiger partial charge in [-0.05, 0) is 44.9 Å². The lowest BCUT2D eigenvalue weighted by Crippen LogP contribution is -2.37. The Morgan fingerprint density at radius 2 is 2.24 bits per heavy atom. The van der Waals surface area contributed by atoms with Gasteiger partial charge in [-0.3, -0.25) is 4.99 Å². The highest BCUT2D eigenvalue weighted by molar-refractivity contribution is 6.02. The highest BCUT2D eigenvalue weighted by Crippen LogP contribution is 2.32. The third kappa shape index (κ3) is 4.36. The first-order chi connectivity index (χ1) is 10.1. The summed E-state index contributed by atoms with van der Waals surface area (Å²) < 4.78 is 11.5. The average molecular weight is 291 g/mol. The molecular formula is C16H25N3O2. The van der Waals surface area contributed by atoms with Gasteiger partial charge in [-0.1, -0.05) is 6.92 Å². The number of amidine groups is 1. The van der Waals surface area contributed by atoms with Crippen LogP contribution in [-0.4, -0.2) is 31.2 Å². The number of hydrogen-bond donors (Lipinski definition) is 2. The van der Waals surface area contributed by atoms with Crippen LogP contribution in [-0.2, 0) is 4.74 Å². The summed E-state index contributed by atoms with van der Waals surface area (Å²) in [6.07, 6.45) is 2.03. The summed E-state index contributed by atoms with van der Waals surface area (Å²) in [5.41, 5.74) is 7.41. The molecule has 0 bridgehead atoms. The van der Waals surface area contributed by atoms with E-state index in [9.17, 15) is 0 Å². The van der Waals surface area contributed by atoms with Crippen LogP contribution in [0.4, 0.5) is 11.4 Å². The molecule has 0 radical (unpaired) electrons. The van der Waals surface area contributed by atoms with Crippen LogP contribution in [0.15, 0.2) is 23.2 Å². The maximum atomic E-state index is 5.96. The molecule has 2 rings (SSSR count). The van der Waals surface area contributed by atoms with Crippen LogP contribution < -0.4 is 15.8 Å². The zero-order chi connectivity index (χ0) is 15.2. The van der Waals surface area contributed by atoms with E-state index in [0.29, 0.717) is 5.69 Å². The van der Waals surface area contributed by atoms with Gasteiger partial charge in [0.15, 0.2) is 6.10 Å². The van der Waals surface area contributed by atoms with Crippen LogP contribution >= 0.6 is 0 Å². The summed E-state index contributed by atoms with van der Waals surface area (Å²) in [7, 11) is 0. The first-order valence-corrected chi connectivity index (χ1v) is 7.59. The van der Waals surface area contributed by atoms with Gasteiger partial charge in [0.25, 0.3) is 0 Å². The fourth-order valence-corrected chi connectivity index (χ4v) is 2.18. The van der Waals surface area contributed by atoms with Crippen molar-refractivity contribution in [1.82, 2.24) is 0 Å². The molecule has 21 heavy (non-hydrogen) atoms. The second kappa shape index (κ2) is 7.31. The molecule has 0 aliphatic carbocycles. The molecule has 3 N–H and O–H groups in total. The Morgan fingerprint density at radius 3 is 2.95 bits per heavy atom. The minimum absolute atomic E-state index is 0.0212. The molecule has 5 nitrogen and oxygen atoms in total. The number of rotatable bonds is 6. The Hall–Kier alpha value is -1.75. The first kappa shape index (κ1) is 15.6. The number of hydrogen-bond acceptors (Lipinski definition) is 4. The molecule has 1 aliphatic rings. The predicted octanol–water partition coefficient (Wildman–Crippen LogP) is 3.07. The van der Waals surface area contributed by atoms with Crippen molar-refractivity contribution in [1.29, 1.82) is 0 Å². The van der Waals surface area contributed by atoms with Crippen molar-refractivity contribution in [3.8, 4) is 5.75 Å². The van der Waals surface area contributed by atoms with Gasteiger partial charge in [-0.15, -0.1) is 0 Å². The van der Waals surface area contributed by atoms with Crippen molar-refractivity contribution in [3.05, 3.63) is 18.2 Å². The molecule has 1 heterocycles. The van der Waals surface area contributed by atoms with E-state index in [1.807, 2.05) is 32.0 Å². The van der Waals surface area contributed by atoms with Crippen molar-refractivity contribution in [2.75, 3.05) is 24.2 Å². The first-order valence-electron chi connectivity index (χ1n) is 7.59. The summed E-state index contributed by atoms with van der Waals surface area (Å²) >= 11 is 0. The zero-order valence-corrected chi connectivity index (χ0v) is 13.1. The normalized spacial score (nSPS) is 19.2. The van der Waals surface area contributed by atoms with Crippen molar-refractivity contribution >= 4 is 17.2 Å². The van der Waals surface area contributed by atoms with Crippen LogP contribution in [0.25, 0.3) is 0 Å². The monoisotopic (exact) mass is 291 g/mol. The van der Waals surface area contributed by atoms with Gasteiger partial charge in [0.1, 0.15) is 11.6 Å². The molecular weight excluding hydrogens is 266 g/mol. The van der Waals surface area contributed by atoms with Crippen molar-refractivity contribution in [2.45, 2.75) is 45.8 Å². The minimum atomic E-state index is -0.0212. The van der Waals surface area contributed by atoms with E-state index in [-0.39, 0.29) is 12.2 Å². The van der Waals surface area contributed by atoms with Gasteiger partial charge in [-0.2, -0.15) is 0 Å². The molecule has 1 atom stereocenters. The standard InChI is InChI=1S/C16H25N3O2/c1-4-14-16(18-8-5-9-20-11(2)3)19-13-10-12(17)6-7-15(13)21-14/h6-7,10-11,14H,4-5,8-9,17H2,1-3H3,(H,18,19). The molecule has 1 aliphatic heterocycles. The molecule has 116 valence electrons. The predicted molar refractivity (Wildman–Crippen MR) is 87.2 cm³/mol. The van der Waals surface area contributed by atoms with E-state index >= 15 is 0 Å². The quantitative estimate of drug-likeness (QED) is 0.624. The number of nitrogens with one attached hydrogen (secondary N) is 1. The summed E-state index contributed by atoms with van der Waals surface area (Å²) in [4.78, 5) is 4.62. The van der Waals surface area contributed by atoms with Gasteiger partial charge < -0.3 is 20.5 Å². The molecule has 0 saturated heterocycles. The van der Waals surface area contributed by atoms with E-state index < -0.39 is 0 Å². The Kier molecular flexibility index (Phi) is 5.44. The SMILES string of the molecule is CCC1Oc2ccc(N)cc2NC1=NCCCOC(C)C. The summed E-state index contributed by atoms with van der Waals surface area (Å²) in [6.45, 7) is 7.63. The van der Waals surface area contributed by atoms with Crippen LogP contribution in [0.1, 0.15) is 33.6 Å². The number of nitrogens with zero attached hydrogens (tertiary/aromatic N) is 1. The highest BCUT2D eigenvalue weighted by atomic mass is 16.5. The van der Waals surface area contributed by atoms with Gasteiger partial charge in [0, 0.05) is 18.8 Å². The van der Waals surface area contributed by atoms with Crippen molar-refractivity contribution < 1.29 is 9.47 Å². The number of fused-ring (bicyclic) bond motifs is 1. The minimum Gasteiger partial charge on any atom is -0.480 e. The molecule has 1 aromatic carbocycles. The molecule has 1 unspecified atom stereocenters. The lowest BCUT2D eigenvalue weighted by Gasteiger charge is -2.28. The number of benzene rings is 1. The third-order valence-corrected chi connectivity index (χ3v) is 3.25. The average Bonchev–Trinajstić information content (AvgIpc) is 2.45. The molecule has 0 fully saturated rings. The van der Waals surface area contributed by atoms with Gasteiger partial charge >= 0.3 is 0 Å². The number of anilines is 2. The maximum absolute atomic E-state index is 5.96. The molecule has 0 aromatic heterocycles. The van der Waals surface area contributed by atoms with Gasteiger partial charge in [0.05, 0.1) is 11.8 Å². The van der Waals surface area contributed by atoms with E-state index in [2.05, 4.69) is 17.2 Å². The number of nitrogen functional groups attached to an aromatic ring is 1. The van der Waals surface area contributed by atoms with Gasteiger partial charge in [0.2, 0.25) is 0 Å². The highest BCUT2D eigenvalue weighted by Gasteiger charge is 2.24. The van der Waals surface area contributed by atoms with E-state index in [0.717, 1.165) is 43.3 Å². The van der Waals surface area contributed by atoms with E-state index in [4.69, 9.17) is 15.2 Å². The third-order valence-electron chi connectivity index (χ3n) is 3.25. The number of ether oxygens (including phenoxy) is 2. The van der Waals surface area contributed by atoms with Gasteiger partial charge in [-0.25, -0.2) is 0 Å². The maximum Gasteiger partial charge on any atom is 0.155 e. The van der Waals surface area contributed by atoms with E-state index in [1.54, 1.807) is 0 Å². The molecule has 0 spiro atoms. The Labute approximate surface area is 126 Å². The molecule has 1 aromatic rings. The van der Waals surface area contributed by atoms with Crippen LogP contribution in [0.5, 0.6) is 5.75 Å². The largest absolute Gasteiger partial charge is 0.480 e. The number of nitrogens with two attached hydrogens (primary N) is 1. The lowest BCUT2D eigenvalue weighted by molar-refractivity contribution is 0.0782. The summed E-state index contributed by atoms with van der Waals surface area (Å²) in [6, 6.07) is 5.62.